The Morgan fingerprint density at radius 1 is 1.55 bits per heavy atom. The molecule has 1 atom stereocenters. The van der Waals surface area contributed by atoms with Gasteiger partial charge < -0.3 is 10.6 Å². The van der Waals surface area contributed by atoms with Gasteiger partial charge in [0.1, 0.15) is 0 Å². The summed E-state index contributed by atoms with van der Waals surface area (Å²) in [5, 5.41) is 16.9. The van der Waals surface area contributed by atoms with E-state index in [9.17, 15) is 14.9 Å². The molecule has 2 N–H and O–H groups in total. The van der Waals surface area contributed by atoms with Gasteiger partial charge in [0.15, 0.2) is 0 Å². The van der Waals surface area contributed by atoms with Gasteiger partial charge in [0.2, 0.25) is 5.91 Å². The number of rotatable bonds is 3. The number of benzene rings is 1. The monoisotopic (exact) mass is 341 g/mol. The predicted molar refractivity (Wildman–Crippen MR) is 79.8 cm³/mol. The van der Waals surface area contributed by atoms with E-state index >= 15 is 0 Å². The van der Waals surface area contributed by atoms with E-state index < -0.39 is 4.92 Å². The van der Waals surface area contributed by atoms with Crippen LogP contribution in [0.4, 0.5) is 11.4 Å². The number of anilines is 1. The van der Waals surface area contributed by atoms with Gasteiger partial charge in [-0.15, -0.1) is 0 Å². The summed E-state index contributed by atoms with van der Waals surface area (Å²) in [6, 6.07) is 3.04. The molecule has 0 saturated carbocycles. The standard InChI is InChI=1S/C13H16BrN3O3/c1-8-5-10(14)11(6-12(8)17(19)20)16-13(18)9-3-2-4-15-7-9/h5-6,9,15H,2-4,7H2,1H3,(H,16,18). The van der Waals surface area contributed by atoms with Crippen molar-refractivity contribution in [2.24, 2.45) is 5.92 Å². The fraction of sp³-hybridized carbons (Fsp3) is 0.462. The van der Waals surface area contributed by atoms with E-state index in [1.807, 2.05) is 0 Å². The van der Waals surface area contributed by atoms with Crippen molar-refractivity contribution in [1.29, 1.82) is 0 Å². The van der Waals surface area contributed by atoms with Gasteiger partial charge in [-0.1, -0.05) is 0 Å². The zero-order valence-electron chi connectivity index (χ0n) is 11.1. The van der Waals surface area contributed by atoms with E-state index in [4.69, 9.17) is 0 Å². The van der Waals surface area contributed by atoms with Crippen LogP contribution >= 0.6 is 15.9 Å². The van der Waals surface area contributed by atoms with Crippen molar-refractivity contribution in [3.05, 3.63) is 32.3 Å². The molecule has 2 rings (SSSR count). The molecule has 0 spiro atoms. The van der Waals surface area contributed by atoms with Gasteiger partial charge in [-0.3, -0.25) is 14.9 Å². The number of halogens is 1. The Morgan fingerprint density at radius 3 is 2.90 bits per heavy atom. The van der Waals surface area contributed by atoms with E-state index in [0.717, 1.165) is 19.4 Å². The summed E-state index contributed by atoms with van der Waals surface area (Å²) in [5.41, 5.74) is 1.00. The van der Waals surface area contributed by atoms with Crippen molar-refractivity contribution in [2.45, 2.75) is 19.8 Å². The van der Waals surface area contributed by atoms with E-state index in [1.165, 1.54) is 6.07 Å². The zero-order chi connectivity index (χ0) is 14.7. The number of piperidine rings is 1. The first-order valence-electron chi connectivity index (χ1n) is 6.45. The molecule has 1 fully saturated rings. The third kappa shape index (κ3) is 3.34. The fourth-order valence-corrected chi connectivity index (χ4v) is 2.82. The van der Waals surface area contributed by atoms with Crippen LogP contribution in [0.15, 0.2) is 16.6 Å². The van der Waals surface area contributed by atoms with Gasteiger partial charge in [-0.05, 0) is 48.3 Å². The Labute approximate surface area is 125 Å². The van der Waals surface area contributed by atoms with Crippen molar-refractivity contribution < 1.29 is 9.72 Å². The second-order valence-electron chi connectivity index (χ2n) is 4.91. The summed E-state index contributed by atoms with van der Waals surface area (Å²) in [5.74, 6) is -0.188. The molecule has 1 aliphatic rings. The molecule has 1 saturated heterocycles. The first-order valence-corrected chi connectivity index (χ1v) is 7.24. The fourth-order valence-electron chi connectivity index (χ4n) is 2.26. The Hall–Kier alpha value is -1.47. The molecule has 0 aromatic heterocycles. The largest absolute Gasteiger partial charge is 0.325 e. The van der Waals surface area contributed by atoms with Crippen molar-refractivity contribution in [2.75, 3.05) is 18.4 Å². The molecule has 108 valence electrons. The highest BCUT2D eigenvalue weighted by molar-refractivity contribution is 9.10. The number of amides is 1. The number of hydrogen-bond donors (Lipinski definition) is 2. The summed E-state index contributed by atoms with van der Waals surface area (Å²) in [4.78, 5) is 22.6. The number of nitro benzene ring substituents is 1. The molecule has 1 unspecified atom stereocenters. The smallest absolute Gasteiger partial charge is 0.274 e. The van der Waals surface area contributed by atoms with Crippen LogP contribution in [0.1, 0.15) is 18.4 Å². The van der Waals surface area contributed by atoms with Gasteiger partial charge >= 0.3 is 0 Å². The van der Waals surface area contributed by atoms with Gasteiger partial charge in [-0.25, -0.2) is 0 Å². The van der Waals surface area contributed by atoms with Crippen molar-refractivity contribution >= 4 is 33.2 Å². The summed E-state index contributed by atoms with van der Waals surface area (Å²) in [6.45, 7) is 3.25. The summed E-state index contributed by atoms with van der Waals surface area (Å²) >= 11 is 3.33. The van der Waals surface area contributed by atoms with Gasteiger partial charge in [-0.2, -0.15) is 0 Å². The lowest BCUT2D eigenvalue weighted by Crippen LogP contribution is -2.37. The third-order valence-electron chi connectivity index (χ3n) is 3.41. The normalized spacial score (nSPS) is 18.6. The minimum atomic E-state index is -0.445. The van der Waals surface area contributed by atoms with E-state index in [-0.39, 0.29) is 17.5 Å². The number of carbonyl (C=O) groups is 1. The van der Waals surface area contributed by atoms with Crippen LogP contribution in [0.3, 0.4) is 0 Å². The van der Waals surface area contributed by atoms with Crippen molar-refractivity contribution in [3.8, 4) is 0 Å². The van der Waals surface area contributed by atoms with Gasteiger partial charge in [0.25, 0.3) is 5.69 Å². The highest BCUT2D eigenvalue weighted by Crippen LogP contribution is 2.31. The van der Waals surface area contributed by atoms with Crippen LogP contribution in [0.5, 0.6) is 0 Å². The minimum Gasteiger partial charge on any atom is -0.325 e. The van der Waals surface area contributed by atoms with Crippen LogP contribution in [-0.2, 0) is 4.79 Å². The minimum absolute atomic E-state index is 0.00488. The molecule has 1 amide bonds. The Kier molecular flexibility index (Phi) is 4.72. The average molecular weight is 342 g/mol. The Morgan fingerprint density at radius 2 is 2.30 bits per heavy atom. The number of nitrogens with one attached hydrogen (secondary N) is 2. The number of nitro groups is 1. The van der Waals surface area contributed by atoms with Crippen LogP contribution in [-0.4, -0.2) is 23.9 Å². The SMILES string of the molecule is Cc1cc(Br)c(NC(=O)C2CCCNC2)cc1[N+](=O)[O-]. The van der Waals surface area contributed by atoms with E-state index in [0.29, 0.717) is 22.3 Å². The summed E-state index contributed by atoms with van der Waals surface area (Å²) in [7, 11) is 0. The lowest BCUT2D eigenvalue weighted by molar-refractivity contribution is -0.385. The first-order chi connectivity index (χ1) is 9.49. The van der Waals surface area contributed by atoms with Crippen LogP contribution in [0, 0.1) is 23.0 Å². The second-order valence-corrected chi connectivity index (χ2v) is 5.76. The van der Waals surface area contributed by atoms with Crippen molar-refractivity contribution in [3.63, 3.8) is 0 Å². The maximum atomic E-state index is 12.1. The lowest BCUT2D eigenvalue weighted by Gasteiger charge is -2.22. The highest BCUT2D eigenvalue weighted by Gasteiger charge is 2.22. The van der Waals surface area contributed by atoms with E-state index in [1.54, 1.807) is 13.0 Å². The third-order valence-corrected chi connectivity index (χ3v) is 4.06. The molecule has 0 radical (unpaired) electrons. The maximum absolute atomic E-state index is 12.1. The predicted octanol–water partition coefficient (Wildman–Crippen LogP) is 2.60. The van der Waals surface area contributed by atoms with E-state index in [2.05, 4.69) is 26.6 Å². The second kappa shape index (κ2) is 6.32. The number of aryl methyl sites for hydroxylation is 1. The Balaban J connectivity index is 2.18. The van der Waals surface area contributed by atoms with Crippen LogP contribution < -0.4 is 10.6 Å². The molecule has 1 aromatic carbocycles. The number of nitrogens with zero attached hydrogens (tertiary/aromatic N) is 1. The molecule has 1 aromatic rings. The molecule has 0 aliphatic carbocycles. The molecule has 6 nitrogen and oxygen atoms in total. The molecule has 7 heteroatoms. The molecule has 1 aliphatic heterocycles. The number of hydrogen-bond acceptors (Lipinski definition) is 4. The first kappa shape index (κ1) is 14.9. The van der Waals surface area contributed by atoms with Crippen LogP contribution in [0.2, 0.25) is 0 Å². The molecular formula is C13H16BrN3O3. The molecule has 1 heterocycles. The van der Waals surface area contributed by atoms with Crippen molar-refractivity contribution in [1.82, 2.24) is 5.32 Å². The molecular weight excluding hydrogens is 326 g/mol. The summed E-state index contributed by atoms with van der Waals surface area (Å²) in [6.07, 6.45) is 1.80. The quantitative estimate of drug-likeness (QED) is 0.653. The number of carbonyl (C=O) groups excluding carboxylic acids is 1. The zero-order valence-corrected chi connectivity index (χ0v) is 12.7. The molecule has 0 bridgehead atoms. The van der Waals surface area contributed by atoms with Crippen LogP contribution in [0.25, 0.3) is 0 Å². The maximum Gasteiger partial charge on any atom is 0.274 e. The highest BCUT2D eigenvalue weighted by atomic mass is 79.9. The van der Waals surface area contributed by atoms with Gasteiger partial charge in [0.05, 0.1) is 16.5 Å². The van der Waals surface area contributed by atoms with Gasteiger partial charge in [0, 0.05) is 22.6 Å². The summed E-state index contributed by atoms with van der Waals surface area (Å²) < 4.78 is 0.651. The topological polar surface area (TPSA) is 84.3 Å². The molecule has 20 heavy (non-hydrogen) atoms. The Bertz CT molecular complexity index is 542. The average Bonchev–Trinajstić information content (AvgIpc) is 2.42. The lowest BCUT2D eigenvalue weighted by atomic mass is 9.99.